The molecule has 166 valence electrons. The van der Waals surface area contributed by atoms with Crippen LogP contribution in [0.1, 0.15) is 24.1 Å². The number of halogens is 1. The maximum atomic E-state index is 12.0. The summed E-state index contributed by atoms with van der Waals surface area (Å²) < 4.78 is 28.3. The summed E-state index contributed by atoms with van der Waals surface area (Å²) in [6, 6.07) is 9.76. The van der Waals surface area contributed by atoms with Crippen molar-refractivity contribution in [2.24, 2.45) is 4.99 Å². The molecule has 2 aliphatic heterocycles. The SMILES string of the molecule is Cc1cn(-c2ccc(/C=C3\CCCN=C3NS)c3c2OCO3)cn1.Nc1ccc(F)cc1. The van der Waals surface area contributed by atoms with Crippen molar-refractivity contribution in [3.63, 3.8) is 0 Å². The molecule has 7 nitrogen and oxygen atoms in total. The molecule has 0 saturated carbocycles. The molecule has 0 saturated heterocycles. The van der Waals surface area contributed by atoms with Crippen molar-refractivity contribution >= 4 is 30.4 Å². The van der Waals surface area contributed by atoms with Crippen molar-refractivity contribution in [2.45, 2.75) is 19.8 Å². The number of nitrogen functional groups attached to an aromatic ring is 1. The van der Waals surface area contributed by atoms with Crippen molar-refractivity contribution in [2.75, 3.05) is 19.1 Å². The number of amidine groups is 1. The molecular formula is C23H24FN5O2S. The molecule has 0 bridgehead atoms. The molecule has 0 amide bonds. The highest BCUT2D eigenvalue weighted by Gasteiger charge is 2.23. The van der Waals surface area contributed by atoms with Crippen molar-refractivity contribution in [1.29, 1.82) is 0 Å². The number of rotatable bonds is 2. The minimum absolute atomic E-state index is 0.224. The Bertz CT molecular complexity index is 1140. The number of ether oxygens (including phenoxy) is 2. The first kappa shape index (κ1) is 21.8. The molecule has 0 spiro atoms. The quantitative estimate of drug-likeness (QED) is 0.397. The lowest BCUT2D eigenvalue weighted by molar-refractivity contribution is 0.173. The van der Waals surface area contributed by atoms with Crippen LogP contribution in [0.4, 0.5) is 10.1 Å². The number of nitrogens with zero attached hydrogens (tertiary/aromatic N) is 3. The lowest BCUT2D eigenvalue weighted by atomic mass is 10.0. The molecule has 0 fully saturated rings. The number of aliphatic imine (C=N–C) groups is 1. The molecule has 0 aliphatic carbocycles. The van der Waals surface area contributed by atoms with Crippen LogP contribution >= 0.6 is 12.8 Å². The van der Waals surface area contributed by atoms with E-state index in [1.54, 1.807) is 6.33 Å². The van der Waals surface area contributed by atoms with Crippen molar-refractivity contribution in [3.05, 3.63) is 71.6 Å². The fraction of sp³-hybridized carbons (Fsp3) is 0.217. The van der Waals surface area contributed by atoms with E-state index in [1.807, 2.05) is 29.8 Å². The van der Waals surface area contributed by atoms with Gasteiger partial charge in [0.1, 0.15) is 11.7 Å². The molecule has 3 aromatic rings. The number of fused-ring (bicyclic) bond motifs is 1. The van der Waals surface area contributed by atoms with Crippen LogP contribution in [0.25, 0.3) is 11.8 Å². The van der Waals surface area contributed by atoms with Gasteiger partial charge in [-0.3, -0.25) is 4.99 Å². The summed E-state index contributed by atoms with van der Waals surface area (Å²) in [5, 5.41) is 0. The van der Waals surface area contributed by atoms with Gasteiger partial charge in [0.2, 0.25) is 6.79 Å². The highest BCUT2D eigenvalue weighted by Crippen LogP contribution is 2.42. The van der Waals surface area contributed by atoms with Crippen LogP contribution in [-0.4, -0.2) is 28.7 Å². The van der Waals surface area contributed by atoms with Crippen LogP contribution in [0.3, 0.4) is 0 Å². The van der Waals surface area contributed by atoms with Crippen LogP contribution in [0, 0.1) is 12.7 Å². The van der Waals surface area contributed by atoms with Crippen LogP contribution in [-0.2, 0) is 0 Å². The smallest absolute Gasteiger partial charge is 0.231 e. The minimum Gasteiger partial charge on any atom is -0.453 e. The third kappa shape index (κ3) is 4.88. The number of thiol groups is 1. The van der Waals surface area contributed by atoms with Gasteiger partial charge in [-0.05, 0) is 67.8 Å². The average molecular weight is 454 g/mol. The third-order valence-electron chi connectivity index (χ3n) is 5.00. The second kappa shape index (κ2) is 9.78. The number of anilines is 1. The second-order valence-corrected chi connectivity index (χ2v) is 7.55. The fourth-order valence-corrected chi connectivity index (χ4v) is 3.67. The standard InChI is InChI=1S/C17H18N4O2S.C6H6FN/c1-11-8-21(9-19-11)14-5-4-12(15-16(14)23-10-22-15)7-13-3-2-6-18-17(13)20-24;7-5-1-3-6(8)4-2-5/h4-5,7-9,24H,2-3,6,10H2,1H3,(H,18,20);1-4H,8H2/b13-7+;. The first-order valence-corrected chi connectivity index (χ1v) is 10.6. The van der Waals surface area contributed by atoms with Gasteiger partial charge in [0, 0.05) is 24.0 Å². The molecular weight excluding hydrogens is 429 g/mol. The van der Waals surface area contributed by atoms with E-state index in [9.17, 15) is 4.39 Å². The molecule has 0 atom stereocenters. The number of hydrogen-bond donors (Lipinski definition) is 3. The molecule has 2 aromatic carbocycles. The minimum atomic E-state index is -0.251. The van der Waals surface area contributed by atoms with Crippen LogP contribution < -0.4 is 19.9 Å². The molecule has 2 aliphatic rings. The van der Waals surface area contributed by atoms with Gasteiger partial charge in [0.15, 0.2) is 11.5 Å². The zero-order chi connectivity index (χ0) is 22.5. The normalized spacial score (nSPS) is 15.7. The largest absolute Gasteiger partial charge is 0.453 e. The van der Waals surface area contributed by atoms with E-state index in [0.717, 1.165) is 59.2 Å². The highest BCUT2D eigenvalue weighted by molar-refractivity contribution is 7.78. The van der Waals surface area contributed by atoms with Gasteiger partial charge < -0.3 is 24.5 Å². The summed E-state index contributed by atoms with van der Waals surface area (Å²) in [6.45, 7) is 3.01. The Morgan fingerprint density at radius 2 is 1.94 bits per heavy atom. The maximum Gasteiger partial charge on any atom is 0.231 e. The van der Waals surface area contributed by atoms with Crippen molar-refractivity contribution in [1.82, 2.24) is 14.3 Å². The molecule has 5 rings (SSSR count). The van der Waals surface area contributed by atoms with E-state index in [4.69, 9.17) is 15.2 Å². The number of hydrogen-bond acceptors (Lipinski definition) is 7. The number of nitrogens with one attached hydrogen (secondary N) is 1. The van der Waals surface area contributed by atoms with Gasteiger partial charge in [-0.15, -0.1) is 0 Å². The Kier molecular flexibility index (Phi) is 6.65. The van der Waals surface area contributed by atoms with Crippen molar-refractivity contribution in [3.8, 4) is 17.2 Å². The fourth-order valence-electron chi connectivity index (χ4n) is 3.45. The summed E-state index contributed by atoms with van der Waals surface area (Å²) in [6.07, 6.45) is 7.84. The first-order valence-electron chi connectivity index (χ1n) is 10.2. The molecule has 32 heavy (non-hydrogen) atoms. The van der Waals surface area contributed by atoms with E-state index < -0.39 is 0 Å². The van der Waals surface area contributed by atoms with Crippen LogP contribution in [0.2, 0.25) is 0 Å². The molecule has 1 aromatic heterocycles. The van der Waals surface area contributed by atoms with Crippen LogP contribution in [0.5, 0.6) is 11.5 Å². The molecule has 0 unspecified atom stereocenters. The Hall–Kier alpha value is -3.46. The van der Waals surface area contributed by atoms with E-state index >= 15 is 0 Å². The van der Waals surface area contributed by atoms with Crippen LogP contribution in [0.15, 0.2) is 59.5 Å². The summed E-state index contributed by atoms with van der Waals surface area (Å²) in [4.78, 5) is 8.74. The van der Waals surface area contributed by atoms with Crippen molar-refractivity contribution < 1.29 is 13.9 Å². The Balaban J connectivity index is 0.000000260. The van der Waals surface area contributed by atoms with E-state index in [-0.39, 0.29) is 12.6 Å². The summed E-state index contributed by atoms with van der Waals surface area (Å²) in [5.41, 5.74) is 9.84. The van der Waals surface area contributed by atoms with Gasteiger partial charge in [-0.1, -0.05) is 12.8 Å². The average Bonchev–Trinajstić information content (AvgIpc) is 3.46. The Morgan fingerprint density at radius 3 is 2.62 bits per heavy atom. The first-order chi connectivity index (χ1) is 15.5. The molecule has 3 heterocycles. The lowest BCUT2D eigenvalue weighted by Crippen LogP contribution is -2.20. The third-order valence-corrected chi connectivity index (χ3v) is 5.21. The predicted molar refractivity (Wildman–Crippen MR) is 127 cm³/mol. The maximum absolute atomic E-state index is 12.0. The molecule has 3 N–H and O–H groups in total. The van der Waals surface area contributed by atoms with Gasteiger partial charge >= 0.3 is 0 Å². The van der Waals surface area contributed by atoms with Gasteiger partial charge in [-0.2, -0.15) is 0 Å². The van der Waals surface area contributed by atoms with E-state index in [1.165, 1.54) is 24.3 Å². The Labute approximate surface area is 191 Å². The van der Waals surface area contributed by atoms with Gasteiger partial charge in [-0.25, -0.2) is 9.37 Å². The highest BCUT2D eigenvalue weighted by atomic mass is 32.1. The second-order valence-electron chi connectivity index (χ2n) is 7.33. The zero-order valence-electron chi connectivity index (χ0n) is 17.6. The number of benzene rings is 2. The van der Waals surface area contributed by atoms with E-state index in [2.05, 4.69) is 33.6 Å². The molecule has 0 radical (unpaired) electrons. The van der Waals surface area contributed by atoms with Gasteiger partial charge in [0.25, 0.3) is 0 Å². The number of nitrogens with two attached hydrogens (primary N) is 1. The number of imidazole rings is 1. The summed E-state index contributed by atoms with van der Waals surface area (Å²) in [5.74, 6) is 2.08. The predicted octanol–water partition coefficient (Wildman–Crippen LogP) is 4.33. The summed E-state index contributed by atoms with van der Waals surface area (Å²) >= 11 is 4.15. The number of aryl methyl sites for hydroxylation is 1. The molecule has 9 heteroatoms. The lowest BCUT2D eigenvalue weighted by Gasteiger charge is -2.15. The number of aromatic nitrogens is 2. The van der Waals surface area contributed by atoms with E-state index in [0.29, 0.717) is 5.69 Å². The Morgan fingerprint density at radius 1 is 1.16 bits per heavy atom. The monoisotopic (exact) mass is 453 g/mol. The zero-order valence-corrected chi connectivity index (χ0v) is 18.5. The summed E-state index contributed by atoms with van der Waals surface area (Å²) in [7, 11) is 0. The topological polar surface area (TPSA) is 86.7 Å². The van der Waals surface area contributed by atoms with Gasteiger partial charge in [0.05, 0.1) is 17.7 Å².